The number of hydrogen-bond acceptors (Lipinski definition) is 4. The predicted octanol–water partition coefficient (Wildman–Crippen LogP) is 2.37. The normalized spacial score (nSPS) is 29.1. The van der Waals surface area contributed by atoms with Crippen LogP contribution in [0.15, 0.2) is 16.8 Å². The highest BCUT2D eigenvalue weighted by molar-refractivity contribution is 7.07. The van der Waals surface area contributed by atoms with Gasteiger partial charge in [0.2, 0.25) is 0 Å². The van der Waals surface area contributed by atoms with Gasteiger partial charge in [-0.25, -0.2) is 0 Å². The monoisotopic (exact) mass is 268 g/mol. The molecule has 1 fully saturated rings. The zero-order valence-corrected chi connectivity index (χ0v) is 12.1. The van der Waals surface area contributed by atoms with E-state index < -0.39 is 5.60 Å². The third-order valence-electron chi connectivity index (χ3n) is 3.86. The Morgan fingerprint density at radius 3 is 2.94 bits per heavy atom. The number of nitrogens with two attached hydrogens (primary N) is 1. The molecule has 1 aromatic heterocycles. The molecule has 1 aromatic rings. The summed E-state index contributed by atoms with van der Waals surface area (Å²) in [5.41, 5.74) is 7.04. The first kappa shape index (κ1) is 14.0. The van der Waals surface area contributed by atoms with E-state index in [1.807, 2.05) is 6.92 Å². The van der Waals surface area contributed by atoms with Gasteiger partial charge in [-0.2, -0.15) is 11.3 Å². The van der Waals surface area contributed by atoms with Crippen LogP contribution in [0.5, 0.6) is 0 Å². The highest BCUT2D eigenvalue weighted by Gasteiger charge is 2.34. The summed E-state index contributed by atoms with van der Waals surface area (Å²) >= 11 is 1.71. The number of aliphatic hydroxyl groups is 1. The molecule has 3 atom stereocenters. The first-order chi connectivity index (χ1) is 8.53. The first-order valence-electron chi connectivity index (χ1n) is 6.77. The van der Waals surface area contributed by atoms with Gasteiger partial charge < -0.3 is 10.8 Å². The fourth-order valence-corrected chi connectivity index (χ4v) is 3.58. The second-order valence-electron chi connectivity index (χ2n) is 5.64. The Labute approximate surface area is 114 Å². The topological polar surface area (TPSA) is 49.5 Å². The minimum atomic E-state index is -0.569. The first-order valence-corrected chi connectivity index (χ1v) is 7.72. The average molecular weight is 268 g/mol. The lowest BCUT2D eigenvalue weighted by atomic mass is 9.90. The van der Waals surface area contributed by atoms with Crippen molar-refractivity contribution >= 4 is 11.3 Å². The molecule has 0 aromatic carbocycles. The number of thiophene rings is 1. The summed E-state index contributed by atoms with van der Waals surface area (Å²) < 4.78 is 0. The summed E-state index contributed by atoms with van der Waals surface area (Å²) in [7, 11) is 0. The van der Waals surface area contributed by atoms with E-state index in [9.17, 15) is 5.11 Å². The quantitative estimate of drug-likeness (QED) is 0.881. The molecule has 3 N–H and O–H groups in total. The summed E-state index contributed by atoms with van der Waals surface area (Å²) in [6, 6.07) is 2.54. The molecule has 0 amide bonds. The summed E-state index contributed by atoms with van der Waals surface area (Å²) in [4.78, 5) is 2.36. The largest absolute Gasteiger partial charge is 0.389 e. The molecule has 3 unspecified atom stereocenters. The van der Waals surface area contributed by atoms with Gasteiger partial charge in [0.25, 0.3) is 0 Å². The average Bonchev–Trinajstić information content (AvgIpc) is 2.81. The maximum Gasteiger partial charge on any atom is 0.0746 e. The van der Waals surface area contributed by atoms with E-state index in [0.717, 1.165) is 32.4 Å². The van der Waals surface area contributed by atoms with Crippen LogP contribution < -0.4 is 5.73 Å². The van der Waals surface area contributed by atoms with E-state index in [-0.39, 0.29) is 12.1 Å². The molecule has 1 aliphatic rings. The van der Waals surface area contributed by atoms with Crippen LogP contribution in [-0.4, -0.2) is 34.7 Å². The molecule has 0 saturated carbocycles. The Kier molecular flexibility index (Phi) is 4.43. The van der Waals surface area contributed by atoms with Crippen molar-refractivity contribution < 1.29 is 5.11 Å². The van der Waals surface area contributed by atoms with Gasteiger partial charge in [0.1, 0.15) is 0 Å². The van der Waals surface area contributed by atoms with Crippen LogP contribution >= 0.6 is 11.3 Å². The van der Waals surface area contributed by atoms with Crippen LogP contribution in [0.4, 0.5) is 0 Å². The van der Waals surface area contributed by atoms with E-state index in [4.69, 9.17) is 5.73 Å². The summed E-state index contributed by atoms with van der Waals surface area (Å²) in [5.74, 6) is 0. The standard InChI is InChI=1S/C14H24N2OS/c1-3-12(15)13(11-5-8-18-9-11)16-7-4-6-14(2,17)10-16/h5,8-9,12-13,17H,3-4,6-7,10,15H2,1-2H3. The van der Waals surface area contributed by atoms with Crippen molar-refractivity contribution in [2.24, 2.45) is 5.73 Å². The molecule has 0 radical (unpaired) electrons. The van der Waals surface area contributed by atoms with Gasteiger partial charge in [-0.05, 0) is 55.1 Å². The number of likely N-dealkylation sites (tertiary alicyclic amines) is 1. The Hall–Kier alpha value is -0.420. The molecule has 18 heavy (non-hydrogen) atoms. The third kappa shape index (κ3) is 3.12. The van der Waals surface area contributed by atoms with Crippen molar-refractivity contribution in [2.75, 3.05) is 13.1 Å². The Bertz CT molecular complexity index is 364. The fourth-order valence-electron chi connectivity index (χ4n) is 2.89. The van der Waals surface area contributed by atoms with Crippen molar-refractivity contribution in [1.82, 2.24) is 4.90 Å². The van der Waals surface area contributed by atoms with E-state index in [1.54, 1.807) is 11.3 Å². The van der Waals surface area contributed by atoms with E-state index in [2.05, 4.69) is 28.7 Å². The number of piperidine rings is 1. The number of rotatable bonds is 4. The molecule has 3 nitrogen and oxygen atoms in total. The molecular weight excluding hydrogens is 244 g/mol. The van der Waals surface area contributed by atoms with Crippen molar-refractivity contribution in [3.63, 3.8) is 0 Å². The molecule has 2 rings (SSSR count). The van der Waals surface area contributed by atoms with Gasteiger partial charge in [-0.3, -0.25) is 4.90 Å². The van der Waals surface area contributed by atoms with Crippen LogP contribution in [0, 0.1) is 0 Å². The molecule has 102 valence electrons. The lowest BCUT2D eigenvalue weighted by Crippen LogP contribution is -2.51. The Morgan fingerprint density at radius 2 is 2.39 bits per heavy atom. The predicted molar refractivity (Wildman–Crippen MR) is 76.8 cm³/mol. The Morgan fingerprint density at radius 1 is 1.61 bits per heavy atom. The van der Waals surface area contributed by atoms with Gasteiger partial charge in [-0.1, -0.05) is 6.92 Å². The second-order valence-corrected chi connectivity index (χ2v) is 6.42. The Balaban J connectivity index is 2.19. The zero-order chi connectivity index (χ0) is 13.2. The van der Waals surface area contributed by atoms with Gasteiger partial charge in [0.15, 0.2) is 0 Å². The maximum atomic E-state index is 10.3. The number of β-amino-alcohol motifs (C(OH)–C–C–N with tert-alkyl or cyclic N) is 1. The molecule has 0 spiro atoms. The summed E-state index contributed by atoms with van der Waals surface area (Å²) in [6.45, 7) is 5.82. The summed E-state index contributed by atoms with van der Waals surface area (Å²) in [6.07, 6.45) is 2.89. The van der Waals surface area contributed by atoms with E-state index in [1.165, 1.54) is 5.56 Å². The third-order valence-corrected chi connectivity index (χ3v) is 4.56. The van der Waals surface area contributed by atoms with Crippen LogP contribution in [0.1, 0.15) is 44.7 Å². The molecule has 0 bridgehead atoms. The molecule has 2 heterocycles. The lowest BCUT2D eigenvalue weighted by molar-refractivity contribution is -0.0342. The van der Waals surface area contributed by atoms with Gasteiger partial charge in [0.05, 0.1) is 11.6 Å². The van der Waals surface area contributed by atoms with Crippen LogP contribution in [0.3, 0.4) is 0 Å². The molecule has 0 aliphatic carbocycles. The van der Waals surface area contributed by atoms with E-state index >= 15 is 0 Å². The second kappa shape index (κ2) is 5.70. The van der Waals surface area contributed by atoms with Crippen LogP contribution in [0.25, 0.3) is 0 Å². The van der Waals surface area contributed by atoms with Gasteiger partial charge >= 0.3 is 0 Å². The maximum absolute atomic E-state index is 10.3. The zero-order valence-electron chi connectivity index (χ0n) is 11.3. The van der Waals surface area contributed by atoms with E-state index in [0.29, 0.717) is 0 Å². The van der Waals surface area contributed by atoms with Gasteiger partial charge in [-0.15, -0.1) is 0 Å². The van der Waals surface area contributed by atoms with Crippen molar-refractivity contribution in [1.29, 1.82) is 0 Å². The smallest absolute Gasteiger partial charge is 0.0746 e. The molecule has 1 saturated heterocycles. The van der Waals surface area contributed by atoms with Crippen molar-refractivity contribution in [3.05, 3.63) is 22.4 Å². The lowest BCUT2D eigenvalue weighted by Gasteiger charge is -2.43. The number of hydrogen-bond donors (Lipinski definition) is 2. The van der Waals surface area contributed by atoms with Gasteiger partial charge in [0, 0.05) is 12.6 Å². The number of nitrogens with zero attached hydrogens (tertiary/aromatic N) is 1. The molecule has 4 heteroatoms. The highest BCUT2D eigenvalue weighted by Crippen LogP contribution is 2.32. The fraction of sp³-hybridized carbons (Fsp3) is 0.714. The molecule has 1 aliphatic heterocycles. The SMILES string of the molecule is CCC(N)C(c1ccsc1)N1CCCC(C)(O)C1. The van der Waals surface area contributed by atoms with Crippen LogP contribution in [0.2, 0.25) is 0 Å². The van der Waals surface area contributed by atoms with Crippen molar-refractivity contribution in [3.8, 4) is 0 Å². The minimum absolute atomic E-state index is 0.133. The summed E-state index contributed by atoms with van der Waals surface area (Å²) in [5, 5.41) is 14.6. The van der Waals surface area contributed by atoms with Crippen molar-refractivity contribution in [2.45, 2.75) is 50.8 Å². The minimum Gasteiger partial charge on any atom is -0.389 e. The van der Waals surface area contributed by atoms with Crippen LogP contribution in [-0.2, 0) is 0 Å². The highest BCUT2D eigenvalue weighted by atomic mass is 32.1. The molecular formula is C14H24N2OS.